The Morgan fingerprint density at radius 1 is 1.57 bits per heavy atom. The highest BCUT2D eigenvalue weighted by molar-refractivity contribution is 5.88. The zero-order chi connectivity index (χ0) is 10.6. The van der Waals surface area contributed by atoms with E-state index < -0.39 is 0 Å². The molecule has 2 atom stereocenters. The van der Waals surface area contributed by atoms with Gasteiger partial charge >= 0.3 is 5.97 Å². The number of rotatable bonds is 6. The number of hydrogen-bond donors (Lipinski definition) is 1. The van der Waals surface area contributed by atoms with E-state index in [4.69, 9.17) is 4.74 Å². The summed E-state index contributed by atoms with van der Waals surface area (Å²) in [6, 6.07) is 0.589. The van der Waals surface area contributed by atoms with Crippen LogP contribution in [0.15, 0.2) is 12.2 Å². The summed E-state index contributed by atoms with van der Waals surface area (Å²) in [5, 5.41) is 3.30. The van der Waals surface area contributed by atoms with Crippen LogP contribution in [0.1, 0.15) is 26.7 Å². The summed E-state index contributed by atoms with van der Waals surface area (Å²) in [5.74, 6) is 0.513. The zero-order valence-electron chi connectivity index (χ0n) is 9.01. The van der Waals surface area contributed by atoms with Gasteiger partial charge in [0.2, 0.25) is 0 Å². The Balaban J connectivity index is 2.12. The lowest BCUT2D eigenvalue weighted by Crippen LogP contribution is -2.24. The Kier molecular flexibility index (Phi) is 4.14. The third-order valence-electron chi connectivity index (χ3n) is 2.59. The van der Waals surface area contributed by atoms with Crippen LogP contribution in [-0.2, 0) is 9.53 Å². The average Bonchev–Trinajstić information content (AvgIpc) is 2.93. The standard InChI is InChI=1S/C11H19NO2/c1-4-9-6-10(9)12-7-8(3)11(13)14-5-2/h9-10,12H,3-7H2,1-2H3. The van der Waals surface area contributed by atoms with Crippen LogP contribution in [0, 0.1) is 5.92 Å². The van der Waals surface area contributed by atoms with E-state index in [9.17, 15) is 4.79 Å². The Hall–Kier alpha value is -0.830. The molecule has 1 aliphatic carbocycles. The van der Waals surface area contributed by atoms with E-state index in [0.717, 1.165) is 5.92 Å². The van der Waals surface area contributed by atoms with Crippen molar-refractivity contribution in [2.45, 2.75) is 32.7 Å². The maximum Gasteiger partial charge on any atom is 0.334 e. The summed E-state index contributed by atoms with van der Waals surface area (Å²) in [5.41, 5.74) is 0.522. The topological polar surface area (TPSA) is 38.3 Å². The highest BCUT2D eigenvalue weighted by atomic mass is 16.5. The van der Waals surface area contributed by atoms with Gasteiger partial charge in [0.25, 0.3) is 0 Å². The Labute approximate surface area is 85.5 Å². The molecule has 1 saturated carbocycles. The van der Waals surface area contributed by atoms with Crippen molar-refractivity contribution >= 4 is 5.97 Å². The number of nitrogens with one attached hydrogen (secondary N) is 1. The highest BCUT2D eigenvalue weighted by Gasteiger charge is 2.34. The van der Waals surface area contributed by atoms with Crippen molar-refractivity contribution in [2.75, 3.05) is 13.2 Å². The summed E-state index contributed by atoms with van der Waals surface area (Å²) in [7, 11) is 0. The molecule has 0 spiro atoms. The zero-order valence-corrected chi connectivity index (χ0v) is 9.01. The van der Waals surface area contributed by atoms with Gasteiger partial charge in [0, 0.05) is 18.2 Å². The molecule has 14 heavy (non-hydrogen) atoms. The van der Waals surface area contributed by atoms with Gasteiger partial charge in [0.05, 0.1) is 6.61 Å². The fraction of sp³-hybridized carbons (Fsp3) is 0.727. The lowest BCUT2D eigenvalue weighted by Gasteiger charge is -2.06. The summed E-state index contributed by atoms with van der Waals surface area (Å²) < 4.78 is 4.83. The third-order valence-corrected chi connectivity index (χ3v) is 2.59. The largest absolute Gasteiger partial charge is 0.463 e. The van der Waals surface area contributed by atoms with Crippen LogP contribution >= 0.6 is 0 Å². The first-order chi connectivity index (χ1) is 6.69. The van der Waals surface area contributed by atoms with E-state index in [0.29, 0.717) is 24.8 Å². The molecular weight excluding hydrogens is 178 g/mol. The fourth-order valence-electron chi connectivity index (χ4n) is 1.51. The second-order valence-corrected chi connectivity index (χ2v) is 3.72. The number of carbonyl (C=O) groups excluding carboxylic acids is 1. The van der Waals surface area contributed by atoms with Crippen molar-refractivity contribution in [2.24, 2.45) is 5.92 Å². The minimum atomic E-state index is -0.284. The van der Waals surface area contributed by atoms with Gasteiger partial charge in [0.15, 0.2) is 0 Å². The molecule has 1 N–H and O–H groups in total. The average molecular weight is 197 g/mol. The first kappa shape index (κ1) is 11.2. The highest BCUT2D eigenvalue weighted by Crippen LogP contribution is 2.32. The van der Waals surface area contributed by atoms with Crippen LogP contribution < -0.4 is 5.32 Å². The number of ether oxygens (including phenoxy) is 1. The quantitative estimate of drug-likeness (QED) is 0.518. The molecular formula is C11H19NO2. The maximum absolute atomic E-state index is 11.2. The van der Waals surface area contributed by atoms with Crippen LogP contribution in [0.25, 0.3) is 0 Å². The number of carbonyl (C=O) groups is 1. The van der Waals surface area contributed by atoms with Gasteiger partial charge < -0.3 is 10.1 Å². The lowest BCUT2D eigenvalue weighted by molar-refractivity contribution is -0.138. The van der Waals surface area contributed by atoms with Crippen molar-refractivity contribution in [3.8, 4) is 0 Å². The van der Waals surface area contributed by atoms with Crippen LogP contribution in [0.5, 0.6) is 0 Å². The molecule has 0 aromatic carbocycles. The normalized spacial score (nSPS) is 24.4. The number of esters is 1. The van der Waals surface area contributed by atoms with Crippen LogP contribution in [0.3, 0.4) is 0 Å². The van der Waals surface area contributed by atoms with E-state index in [-0.39, 0.29) is 5.97 Å². The van der Waals surface area contributed by atoms with Gasteiger partial charge in [-0.15, -0.1) is 0 Å². The van der Waals surface area contributed by atoms with Crippen molar-refractivity contribution < 1.29 is 9.53 Å². The van der Waals surface area contributed by atoms with Crippen molar-refractivity contribution in [1.29, 1.82) is 0 Å². The Morgan fingerprint density at radius 2 is 2.29 bits per heavy atom. The molecule has 80 valence electrons. The van der Waals surface area contributed by atoms with Crippen molar-refractivity contribution in [3.63, 3.8) is 0 Å². The van der Waals surface area contributed by atoms with Gasteiger partial charge in [-0.3, -0.25) is 0 Å². The molecule has 1 fully saturated rings. The van der Waals surface area contributed by atoms with Gasteiger partial charge in [-0.1, -0.05) is 19.9 Å². The molecule has 0 aromatic rings. The lowest BCUT2D eigenvalue weighted by atomic mass is 10.3. The molecule has 0 aromatic heterocycles. The second kappa shape index (κ2) is 5.15. The molecule has 1 aliphatic rings. The van der Waals surface area contributed by atoms with E-state index in [1.54, 1.807) is 6.92 Å². The van der Waals surface area contributed by atoms with E-state index in [1.807, 2.05) is 0 Å². The third kappa shape index (κ3) is 3.14. The molecule has 3 nitrogen and oxygen atoms in total. The molecule has 3 heteroatoms. The molecule has 2 unspecified atom stereocenters. The summed E-state index contributed by atoms with van der Waals surface area (Å²) in [6.45, 7) is 8.64. The monoisotopic (exact) mass is 197 g/mol. The molecule has 0 heterocycles. The summed E-state index contributed by atoms with van der Waals surface area (Å²) in [4.78, 5) is 11.2. The first-order valence-electron chi connectivity index (χ1n) is 5.27. The van der Waals surface area contributed by atoms with E-state index in [1.165, 1.54) is 12.8 Å². The molecule has 0 saturated heterocycles. The van der Waals surface area contributed by atoms with Crippen molar-refractivity contribution in [1.82, 2.24) is 5.32 Å². The van der Waals surface area contributed by atoms with Gasteiger partial charge in [-0.25, -0.2) is 4.79 Å². The minimum Gasteiger partial charge on any atom is -0.463 e. The van der Waals surface area contributed by atoms with E-state index >= 15 is 0 Å². The SMILES string of the molecule is C=C(CNC1CC1CC)C(=O)OCC. The van der Waals surface area contributed by atoms with Gasteiger partial charge in [-0.05, 0) is 19.3 Å². The van der Waals surface area contributed by atoms with Gasteiger partial charge in [0.1, 0.15) is 0 Å². The fourth-order valence-corrected chi connectivity index (χ4v) is 1.51. The van der Waals surface area contributed by atoms with Crippen LogP contribution in [0.2, 0.25) is 0 Å². The second-order valence-electron chi connectivity index (χ2n) is 3.72. The molecule has 0 amide bonds. The predicted molar refractivity (Wildman–Crippen MR) is 56.0 cm³/mol. The molecule has 1 rings (SSSR count). The van der Waals surface area contributed by atoms with E-state index in [2.05, 4.69) is 18.8 Å². The Morgan fingerprint density at radius 3 is 2.79 bits per heavy atom. The maximum atomic E-state index is 11.2. The van der Waals surface area contributed by atoms with Crippen LogP contribution in [0.4, 0.5) is 0 Å². The molecule has 0 aliphatic heterocycles. The van der Waals surface area contributed by atoms with Crippen LogP contribution in [-0.4, -0.2) is 25.2 Å². The van der Waals surface area contributed by atoms with Gasteiger partial charge in [-0.2, -0.15) is 0 Å². The summed E-state index contributed by atoms with van der Waals surface area (Å²) in [6.07, 6.45) is 2.44. The molecule has 0 radical (unpaired) electrons. The minimum absolute atomic E-state index is 0.284. The summed E-state index contributed by atoms with van der Waals surface area (Å²) >= 11 is 0. The van der Waals surface area contributed by atoms with Crippen molar-refractivity contribution in [3.05, 3.63) is 12.2 Å². The predicted octanol–water partition coefficient (Wildman–Crippen LogP) is 1.49. The molecule has 0 bridgehead atoms. The Bertz CT molecular complexity index is 225. The first-order valence-corrected chi connectivity index (χ1v) is 5.27. The number of hydrogen-bond acceptors (Lipinski definition) is 3. The smallest absolute Gasteiger partial charge is 0.334 e.